The van der Waals surface area contributed by atoms with Crippen LogP contribution in [0.15, 0.2) is 228 Å². The number of rotatable bonds is 4. The lowest BCUT2D eigenvalue weighted by molar-refractivity contribution is 1.16. The molecule has 4 nitrogen and oxygen atoms in total. The Morgan fingerprint density at radius 2 is 0.562 bits per heavy atom. The second-order valence-corrected chi connectivity index (χ2v) is 16.7. The van der Waals surface area contributed by atoms with E-state index in [4.69, 9.17) is 0 Å². The number of nitrogens with zero attached hydrogens (tertiary/aromatic N) is 2. The summed E-state index contributed by atoms with van der Waals surface area (Å²) >= 11 is 0. The molecule has 0 aliphatic carbocycles. The monoisotopic (exact) mass is 816 g/mol. The number of hydrogen-bond acceptors (Lipinski definition) is 2. The maximum atomic E-state index is 15.0. The number of benzene rings is 11. The van der Waals surface area contributed by atoms with Crippen molar-refractivity contribution in [2.24, 2.45) is 0 Å². The van der Waals surface area contributed by atoms with Crippen LogP contribution < -0.4 is 10.9 Å². The maximum absolute atomic E-state index is 15.0. The van der Waals surface area contributed by atoms with Crippen LogP contribution in [0.5, 0.6) is 0 Å². The van der Waals surface area contributed by atoms with Gasteiger partial charge in [0.2, 0.25) is 0 Å². The van der Waals surface area contributed by atoms with Gasteiger partial charge in [0.1, 0.15) is 0 Å². The lowest BCUT2D eigenvalue weighted by Gasteiger charge is -2.22. The predicted molar refractivity (Wildman–Crippen MR) is 269 cm³/mol. The standard InChI is InChI=1S/C60H36N2O2/c63-59-49-25-9-11-29-53(49)61(55-33-31-45(43-21-5-7-23-47(43)55)41-27-13-17-37-15-1-3-19-39(37)41)57-35-52-58(36-51(57)59)62(54-30-12-10-26-50(54)60(52)64)56-34-32-46(44-22-6-8-24-48(44)56)42-28-14-18-38-16-2-4-20-40(38)42/h1-36H. The van der Waals surface area contributed by atoms with Gasteiger partial charge in [0, 0.05) is 32.3 Å². The second-order valence-electron chi connectivity index (χ2n) is 16.7. The molecule has 2 heterocycles. The SMILES string of the molecule is O=c1c2ccccc2n(-c2ccc(-c3cccc4ccccc34)c3ccccc23)c2cc3c(=O)c4ccccc4n(-c4ccc(-c5cccc6ccccc56)c5ccccc45)c3cc12. The van der Waals surface area contributed by atoms with Crippen LogP contribution in [0.1, 0.15) is 0 Å². The summed E-state index contributed by atoms with van der Waals surface area (Å²) in [4.78, 5) is 29.9. The summed E-state index contributed by atoms with van der Waals surface area (Å²) in [5.74, 6) is 0. The van der Waals surface area contributed by atoms with E-state index in [1.54, 1.807) is 0 Å². The van der Waals surface area contributed by atoms with E-state index in [0.717, 1.165) is 66.2 Å². The van der Waals surface area contributed by atoms with Crippen molar-refractivity contribution in [3.05, 3.63) is 239 Å². The van der Waals surface area contributed by atoms with Gasteiger partial charge in [-0.25, -0.2) is 0 Å². The average molecular weight is 817 g/mol. The van der Waals surface area contributed by atoms with E-state index in [1.165, 1.54) is 21.5 Å². The number of aromatic nitrogens is 2. The fourth-order valence-electron chi connectivity index (χ4n) is 10.4. The van der Waals surface area contributed by atoms with Gasteiger partial charge >= 0.3 is 0 Å². The molecular weight excluding hydrogens is 781 g/mol. The number of pyridine rings is 2. The fraction of sp³-hybridized carbons (Fsp3) is 0. The van der Waals surface area contributed by atoms with E-state index < -0.39 is 0 Å². The van der Waals surface area contributed by atoms with Crippen molar-refractivity contribution in [3.63, 3.8) is 0 Å². The number of fused-ring (bicyclic) bond motifs is 8. The highest BCUT2D eigenvalue weighted by Gasteiger charge is 2.22. The van der Waals surface area contributed by atoms with Gasteiger partial charge in [-0.2, -0.15) is 0 Å². The minimum atomic E-state index is -0.0799. The lowest BCUT2D eigenvalue weighted by atomic mass is 9.93. The molecule has 4 heteroatoms. The Hall–Kier alpha value is -8.60. The molecule has 0 amide bonds. The molecule has 11 aromatic carbocycles. The number of para-hydroxylation sites is 2. The molecule has 0 bridgehead atoms. The highest BCUT2D eigenvalue weighted by molar-refractivity contribution is 6.12. The van der Waals surface area contributed by atoms with Crippen molar-refractivity contribution in [1.82, 2.24) is 9.13 Å². The van der Waals surface area contributed by atoms with Crippen LogP contribution >= 0.6 is 0 Å². The molecule has 13 aromatic rings. The highest BCUT2D eigenvalue weighted by Crippen LogP contribution is 2.41. The summed E-state index contributed by atoms with van der Waals surface area (Å²) in [7, 11) is 0. The van der Waals surface area contributed by atoms with E-state index in [0.29, 0.717) is 32.6 Å². The Bertz CT molecular complexity index is 3970. The van der Waals surface area contributed by atoms with Crippen molar-refractivity contribution in [3.8, 4) is 33.6 Å². The largest absolute Gasteiger partial charge is 0.308 e. The molecule has 298 valence electrons. The van der Waals surface area contributed by atoms with Crippen LogP contribution in [0.3, 0.4) is 0 Å². The topological polar surface area (TPSA) is 44.0 Å². The summed E-state index contributed by atoms with van der Waals surface area (Å²) in [6.45, 7) is 0. The molecule has 0 N–H and O–H groups in total. The molecule has 2 aromatic heterocycles. The minimum Gasteiger partial charge on any atom is -0.308 e. The maximum Gasteiger partial charge on any atom is 0.197 e. The summed E-state index contributed by atoms with van der Waals surface area (Å²) in [6, 6.07) is 75.2. The second kappa shape index (κ2) is 14.0. The zero-order chi connectivity index (χ0) is 42.5. The molecule has 64 heavy (non-hydrogen) atoms. The predicted octanol–water partition coefficient (Wildman–Crippen LogP) is 14.5. The van der Waals surface area contributed by atoms with Gasteiger partial charge in [-0.15, -0.1) is 0 Å². The van der Waals surface area contributed by atoms with Crippen LogP contribution in [-0.4, -0.2) is 9.13 Å². The van der Waals surface area contributed by atoms with Gasteiger partial charge in [-0.1, -0.05) is 170 Å². The third-order valence-corrected chi connectivity index (χ3v) is 13.3. The van der Waals surface area contributed by atoms with Crippen LogP contribution in [0.25, 0.3) is 120 Å². The molecule has 0 fully saturated rings. The summed E-state index contributed by atoms with van der Waals surface area (Å²) in [5, 5.41) is 11.3. The van der Waals surface area contributed by atoms with Gasteiger partial charge in [0.15, 0.2) is 10.9 Å². The van der Waals surface area contributed by atoms with Crippen molar-refractivity contribution >= 4 is 86.7 Å². The molecule has 0 aliphatic rings. The van der Waals surface area contributed by atoms with Crippen LogP contribution in [-0.2, 0) is 0 Å². The van der Waals surface area contributed by atoms with Crippen LogP contribution in [0.2, 0.25) is 0 Å². The Morgan fingerprint density at radius 3 is 1.00 bits per heavy atom. The first-order chi connectivity index (χ1) is 31.6. The van der Waals surface area contributed by atoms with Crippen LogP contribution in [0.4, 0.5) is 0 Å². The average Bonchev–Trinajstić information content (AvgIpc) is 3.36. The normalized spacial score (nSPS) is 11.9. The zero-order valence-corrected chi connectivity index (χ0v) is 34.5. The van der Waals surface area contributed by atoms with E-state index in [2.05, 4.69) is 167 Å². The Morgan fingerprint density at radius 1 is 0.234 bits per heavy atom. The van der Waals surface area contributed by atoms with Gasteiger partial charge < -0.3 is 9.13 Å². The first kappa shape index (κ1) is 36.1. The quantitative estimate of drug-likeness (QED) is 0.166. The van der Waals surface area contributed by atoms with Crippen LogP contribution in [0, 0.1) is 0 Å². The fourth-order valence-corrected chi connectivity index (χ4v) is 10.4. The Kier molecular flexibility index (Phi) is 7.87. The van der Waals surface area contributed by atoms with E-state index >= 15 is 0 Å². The molecule has 13 rings (SSSR count). The van der Waals surface area contributed by atoms with E-state index in [9.17, 15) is 9.59 Å². The molecule has 0 unspecified atom stereocenters. The third-order valence-electron chi connectivity index (χ3n) is 13.3. The van der Waals surface area contributed by atoms with Crippen molar-refractivity contribution in [2.75, 3.05) is 0 Å². The molecule has 0 spiro atoms. The third kappa shape index (κ3) is 5.23. The number of hydrogen-bond donors (Lipinski definition) is 0. The van der Waals surface area contributed by atoms with Gasteiger partial charge in [0.25, 0.3) is 0 Å². The zero-order valence-electron chi connectivity index (χ0n) is 34.5. The minimum absolute atomic E-state index is 0.0799. The van der Waals surface area contributed by atoms with Gasteiger partial charge in [-0.05, 0) is 103 Å². The summed E-state index contributed by atoms with van der Waals surface area (Å²) in [6.07, 6.45) is 0. The molecule has 0 aliphatic heterocycles. The molecular formula is C60H36N2O2. The van der Waals surface area contributed by atoms with E-state index in [-0.39, 0.29) is 10.9 Å². The highest BCUT2D eigenvalue weighted by atomic mass is 16.1. The van der Waals surface area contributed by atoms with Gasteiger partial charge in [-0.3, -0.25) is 9.59 Å². The van der Waals surface area contributed by atoms with Gasteiger partial charge in [0.05, 0.1) is 33.4 Å². The van der Waals surface area contributed by atoms with Crippen molar-refractivity contribution in [2.45, 2.75) is 0 Å². The molecule has 0 atom stereocenters. The first-order valence-electron chi connectivity index (χ1n) is 21.7. The van der Waals surface area contributed by atoms with Crippen molar-refractivity contribution in [1.29, 1.82) is 0 Å². The molecule has 0 saturated heterocycles. The first-order valence-corrected chi connectivity index (χ1v) is 21.7. The Labute approximate surface area is 366 Å². The summed E-state index contributed by atoms with van der Waals surface area (Å²) < 4.78 is 4.38. The molecule has 0 radical (unpaired) electrons. The van der Waals surface area contributed by atoms with Crippen molar-refractivity contribution < 1.29 is 0 Å². The smallest absolute Gasteiger partial charge is 0.197 e. The Balaban J connectivity index is 1.13. The lowest BCUT2D eigenvalue weighted by Crippen LogP contribution is -2.15. The summed E-state index contributed by atoms with van der Waals surface area (Å²) in [5.41, 5.74) is 9.17. The van der Waals surface area contributed by atoms with E-state index in [1.807, 2.05) is 60.7 Å². The molecule has 0 saturated carbocycles.